The maximum Gasteiger partial charge on any atom is 0.243 e. The van der Waals surface area contributed by atoms with Gasteiger partial charge in [-0.05, 0) is 26.0 Å². The Kier molecular flexibility index (Phi) is 3.94. The minimum Gasteiger partial charge on any atom is -0.377 e. The summed E-state index contributed by atoms with van der Waals surface area (Å²) < 4.78 is 45.2. The van der Waals surface area contributed by atoms with Gasteiger partial charge in [-0.1, -0.05) is 17.7 Å². The average Bonchev–Trinajstić information content (AvgIpc) is 2.51. The molecule has 1 unspecified atom stereocenters. The molecule has 1 saturated heterocycles. The van der Waals surface area contributed by atoms with E-state index in [0.29, 0.717) is 0 Å². The molecule has 106 valence electrons. The Morgan fingerprint density at radius 3 is 2.58 bits per heavy atom. The van der Waals surface area contributed by atoms with Gasteiger partial charge in [-0.25, -0.2) is 12.8 Å². The normalized spacial score (nSPS) is 26.1. The van der Waals surface area contributed by atoms with Crippen LogP contribution >= 0.6 is 0 Å². The van der Waals surface area contributed by atoms with Gasteiger partial charge in [0.2, 0.25) is 10.0 Å². The van der Waals surface area contributed by atoms with Crippen molar-refractivity contribution in [3.8, 4) is 0 Å². The molecule has 0 saturated carbocycles. The fourth-order valence-electron chi connectivity index (χ4n) is 2.01. The molecule has 0 amide bonds. The SMILES string of the molecule is Cc1ccc(S(=O)(=O)N2CCOCC(C)(F)C2)cc1. The zero-order valence-corrected chi connectivity index (χ0v) is 11.9. The van der Waals surface area contributed by atoms with Crippen LogP contribution in [-0.2, 0) is 14.8 Å². The first kappa shape index (κ1) is 14.4. The molecule has 6 heteroatoms. The van der Waals surface area contributed by atoms with Gasteiger partial charge in [0.25, 0.3) is 0 Å². The van der Waals surface area contributed by atoms with Crippen LogP contribution in [0.2, 0.25) is 0 Å². The molecule has 0 spiro atoms. The van der Waals surface area contributed by atoms with Crippen LogP contribution in [0.15, 0.2) is 29.2 Å². The third kappa shape index (κ3) is 3.32. The van der Waals surface area contributed by atoms with Crippen molar-refractivity contribution in [3.05, 3.63) is 29.8 Å². The van der Waals surface area contributed by atoms with Crippen LogP contribution in [0.3, 0.4) is 0 Å². The van der Waals surface area contributed by atoms with Gasteiger partial charge in [0.15, 0.2) is 0 Å². The molecule has 0 N–H and O–H groups in total. The van der Waals surface area contributed by atoms with E-state index in [9.17, 15) is 12.8 Å². The highest BCUT2D eigenvalue weighted by Gasteiger charge is 2.35. The van der Waals surface area contributed by atoms with Crippen molar-refractivity contribution in [2.45, 2.75) is 24.4 Å². The molecule has 1 aliphatic heterocycles. The Balaban J connectivity index is 2.30. The van der Waals surface area contributed by atoms with Gasteiger partial charge in [-0.2, -0.15) is 4.31 Å². The van der Waals surface area contributed by atoms with Crippen LogP contribution in [0, 0.1) is 6.92 Å². The van der Waals surface area contributed by atoms with E-state index in [1.54, 1.807) is 24.3 Å². The van der Waals surface area contributed by atoms with Crippen molar-refractivity contribution in [1.82, 2.24) is 4.31 Å². The Morgan fingerprint density at radius 2 is 1.95 bits per heavy atom. The van der Waals surface area contributed by atoms with Gasteiger partial charge in [0, 0.05) is 6.54 Å². The van der Waals surface area contributed by atoms with Gasteiger partial charge in [0.1, 0.15) is 5.67 Å². The number of hydrogen-bond donors (Lipinski definition) is 0. The summed E-state index contributed by atoms with van der Waals surface area (Å²) in [6.45, 7) is 3.38. The molecule has 1 fully saturated rings. The molecular weight excluding hydrogens is 269 g/mol. The first-order valence-electron chi connectivity index (χ1n) is 6.15. The van der Waals surface area contributed by atoms with Crippen LogP contribution in [0.25, 0.3) is 0 Å². The fourth-order valence-corrected chi connectivity index (χ4v) is 3.54. The number of alkyl halides is 1. The molecule has 4 nitrogen and oxygen atoms in total. The second kappa shape index (κ2) is 5.19. The number of rotatable bonds is 2. The summed E-state index contributed by atoms with van der Waals surface area (Å²) in [6, 6.07) is 6.56. The summed E-state index contributed by atoms with van der Waals surface area (Å²) in [5, 5.41) is 0. The predicted octanol–water partition coefficient (Wildman–Crippen LogP) is 1.74. The third-order valence-electron chi connectivity index (χ3n) is 3.05. The number of sulfonamides is 1. The molecule has 2 rings (SSSR count). The minimum absolute atomic E-state index is 0.0765. The first-order valence-corrected chi connectivity index (χ1v) is 7.59. The number of halogens is 1. The molecule has 0 bridgehead atoms. The number of benzene rings is 1. The van der Waals surface area contributed by atoms with Gasteiger partial charge in [0.05, 0.1) is 24.7 Å². The predicted molar refractivity (Wildman–Crippen MR) is 70.3 cm³/mol. The molecule has 19 heavy (non-hydrogen) atoms. The molecule has 0 aliphatic carbocycles. The summed E-state index contributed by atoms with van der Waals surface area (Å²) in [4.78, 5) is 0.191. The first-order chi connectivity index (χ1) is 8.81. The van der Waals surface area contributed by atoms with Crippen molar-refractivity contribution in [2.75, 3.05) is 26.3 Å². The number of hydrogen-bond acceptors (Lipinski definition) is 3. The lowest BCUT2D eigenvalue weighted by Crippen LogP contribution is -2.41. The summed E-state index contributed by atoms with van der Waals surface area (Å²) >= 11 is 0. The summed E-state index contributed by atoms with van der Waals surface area (Å²) in [6.07, 6.45) is 0. The zero-order chi connectivity index (χ0) is 14.1. The Labute approximate surface area is 113 Å². The lowest BCUT2D eigenvalue weighted by Gasteiger charge is -2.25. The zero-order valence-electron chi connectivity index (χ0n) is 11.1. The van der Waals surface area contributed by atoms with Crippen molar-refractivity contribution >= 4 is 10.0 Å². The Bertz CT molecular complexity index is 540. The summed E-state index contributed by atoms with van der Waals surface area (Å²) in [5.74, 6) is 0. The maximum atomic E-state index is 14.1. The molecule has 1 aliphatic rings. The second-order valence-corrected chi connectivity index (χ2v) is 7.06. The third-order valence-corrected chi connectivity index (χ3v) is 4.91. The largest absolute Gasteiger partial charge is 0.377 e. The molecule has 1 aromatic carbocycles. The summed E-state index contributed by atoms with van der Waals surface area (Å²) in [5.41, 5.74) is -0.678. The smallest absolute Gasteiger partial charge is 0.243 e. The van der Waals surface area contributed by atoms with Gasteiger partial charge >= 0.3 is 0 Å². The van der Waals surface area contributed by atoms with Crippen molar-refractivity contribution in [2.24, 2.45) is 0 Å². The molecular formula is C13H18FNO3S. The Morgan fingerprint density at radius 1 is 1.32 bits per heavy atom. The quantitative estimate of drug-likeness (QED) is 0.832. The van der Waals surface area contributed by atoms with Gasteiger partial charge in [-0.15, -0.1) is 0 Å². The lowest BCUT2D eigenvalue weighted by atomic mass is 10.1. The van der Waals surface area contributed by atoms with E-state index < -0.39 is 15.7 Å². The second-order valence-electron chi connectivity index (χ2n) is 5.12. The number of nitrogens with zero attached hydrogens (tertiary/aromatic N) is 1. The van der Waals surface area contributed by atoms with E-state index in [1.807, 2.05) is 6.92 Å². The van der Waals surface area contributed by atoms with Gasteiger partial charge < -0.3 is 4.74 Å². The molecule has 1 heterocycles. The van der Waals surface area contributed by atoms with Crippen LogP contribution < -0.4 is 0 Å². The topological polar surface area (TPSA) is 46.6 Å². The minimum atomic E-state index is -3.66. The standard InChI is InChI=1S/C13H18FNO3S/c1-11-3-5-12(6-4-11)19(16,17)15-7-8-18-10-13(2,14)9-15/h3-6H,7-10H2,1-2H3. The lowest BCUT2D eigenvalue weighted by molar-refractivity contribution is 0.0487. The van der Waals surface area contributed by atoms with E-state index >= 15 is 0 Å². The van der Waals surface area contributed by atoms with Crippen LogP contribution in [0.1, 0.15) is 12.5 Å². The van der Waals surface area contributed by atoms with E-state index in [0.717, 1.165) is 9.87 Å². The van der Waals surface area contributed by atoms with Crippen LogP contribution in [0.4, 0.5) is 4.39 Å². The maximum absolute atomic E-state index is 14.1. The van der Waals surface area contributed by atoms with Crippen molar-refractivity contribution < 1.29 is 17.5 Å². The van der Waals surface area contributed by atoms with E-state index in [-0.39, 0.29) is 31.2 Å². The summed E-state index contributed by atoms with van der Waals surface area (Å²) in [7, 11) is -3.66. The highest BCUT2D eigenvalue weighted by atomic mass is 32.2. The molecule has 0 radical (unpaired) electrons. The van der Waals surface area contributed by atoms with E-state index in [4.69, 9.17) is 4.74 Å². The van der Waals surface area contributed by atoms with Crippen molar-refractivity contribution in [3.63, 3.8) is 0 Å². The van der Waals surface area contributed by atoms with Crippen LogP contribution in [-0.4, -0.2) is 44.7 Å². The van der Waals surface area contributed by atoms with E-state index in [2.05, 4.69) is 0 Å². The monoisotopic (exact) mass is 287 g/mol. The number of ether oxygens (including phenoxy) is 1. The highest BCUT2D eigenvalue weighted by molar-refractivity contribution is 7.89. The number of aryl methyl sites for hydroxylation is 1. The average molecular weight is 287 g/mol. The molecule has 1 atom stereocenters. The van der Waals surface area contributed by atoms with E-state index in [1.165, 1.54) is 6.92 Å². The fraction of sp³-hybridized carbons (Fsp3) is 0.538. The van der Waals surface area contributed by atoms with Crippen LogP contribution in [0.5, 0.6) is 0 Å². The highest BCUT2D eigenvalue weighted by Crippen LogP contribution is 2.23. The Hall–Kier alpha value is -0.980. The van der Waals surface area contributed by atoms with Crippen molar-refractivity contribution in [1.29, 1.82) is 0 Å². The van der Waals surface area contributed by atoms with Gasteiger partial charge in [-0.3, -0.25) is 0 Å². The molecule has 0 aromatic heterocycles. The molecule has 1 aromatic rings.